The molecule has 0 aliphatic carbocycles. The highest BCUT2D eigenvalue weighted by atomic mass is 16.7. The zero-order chi connectivity index (χ0) is 24.3. The Labute approximate surface area is 190 Å². The number of hydrogen-bond donors (Lipinski definition) is 6. The summed E-state index contributed by atoms with van der Waals surface area (Å²) in [5.74, 6) is -1.71. The minimum Gasteiger partial charge on any atom is -0.455 e. The van der Waals surface area contributed by atoms with Gasteiger partial charge in [0, 0.05) is 6.42 Å². The summed E-state index contributed by atoms with van der Waals surface area (Å²) in [6.07, 6.45) is -10.3. The first-order chi connectivity index (χ1) is 15.7. The normalized spacial score (nSPS) is 43.2. The monoisotopic (exact) mass is 476 g/mol. The number of hydrogen-bond acceptors (Lipinski definition) is 12. The molecule has 0 aromatic rings. The van der Waals surface area contributed by atoms with E-state index in [0.717, 1.165) is 0 Å². The molecule has 0 spiro atoms. The summed E-state index contributed by atoms with van der Waals surface area (Å²) in [5.41, 5.74) is 0. The molecule has 4 saturated heterocycles. The fourth-order valence-electron chi connectivity index (χ4n) is 3.97. The van der Waals surface area contributed by atoms with Gasteiger partial charge in [-0.05, 0) is 5.92 Å². The summed E-state index contributed by atoms with van der Waals surface area (Å²) in [6, 6.07) is -2.13. The molecule has 0 aromatic carbocycles. The Morgan fingerprint density at radius 1 is 1.12 bits per heavy atom. The Kier molecular flexibility index (Phi) is 8.75. The molecule has 33 heavy (non-hydrogen) atoms. The largest absolute Gasteiger partial charge is 0.455 e. The quantitative estimate of drug-likeness (QED) is 0.126. The molecule has 13 nitrogen and oxygen atoms in total. The average Bonchev–Trinajstić information content (AvgIpc) is 2.82. The van der Waals surface area contributed by atoms with Crippen LogP contribution in [0.1, 0.15) is 26.7 Å². The summed E-state index contributed by atoms with van der Waals surface area (Å²) in [4.78, 5) is 36.7. The lowest BCUT2D eigenvalue weighted by Crippen LogP contribution is -2.64. The maximum absolute atomic E-state index is 12.9. The van der Waals surface area contributed by atoms with Crippen LogP contribution in [0.5, 0.6) is 0 Å². The van der Waals surface area contributed by atoms with Crippen LogP contribution in [-0.2, 0) is 33.3 Å². The SMILES string of the molecule is CCC(C)C1NC2OCC(OC(=O)C(CC=O)NC1=O)C(OC1OCC(O)C(O)C1O)C2O. The van der Waals surface area contributed by atoms with Crippen molar-refractivity contribution in [1.29, 1.82) is 0 Å². The maximum atomic E-state index is 12.9. The predicted molar refractivity (Wildman–Crippen MR) is 107 cm³/mol. The van der Waals surface area contributed by atoms with Gasteiger partial charge in [0.2, 0.25) is 5.91 Å². The summed E-state index contributed by atoms with van der Waals surface area (Å²) >= 11 is 0. The van der Waals surface area contributed by atoms with Crippen LogP contribution in [0.15, 0.2) is 0 Å². The van der Waals surface area contributed by atoms with E-state index in [1.807, 2.05) is 6.92 Å². The van der Waals surface area contributed by atoms with Crippen molar-refractivity contribution < 1.29 is 53.8 Å². The second-order valence-electron chi connectivity index (χ2n) is 8.56. The van der Waals surface area contributed by atoms with Crippen LogP contribution in [0.4, 0.5) is 0 Å². The molecule has 0 aromatic heterocycles. The van der Waals surface area contributed by atoms with Crippen molar-refractivity contribution in [2.75, 3.05) is 13.2 Å². The molecule has 4 fully saturated rings. The Morgan fingerprint density at radius 3 is 2.52 bits per heavy atom. The molecular weight excluding hydrogens is 444 g/mol. The van der Waals surface area contributed by atoms with E-state index in [-0.39, 0.29) is 25.6 Å². The van der Waals surface area contributed by atoms with Crippen molar-refractivity contribution in [3.05, 3.63) is 0 Å². The van der Waals surface area contributed by atoms with Gasteiger partial charge in [0.05, 0.1) is 19.3 Å². The summed E-state index contributed by atoms with van der Waals surface area (Å²) in [7, 11) is 0. The maximum Gasteiger partial charge on any atom is 0.329 e. The molecule has 188 valence electrons. The van der Waals surface area contributed by atoms with Gasteiger partial charge in [0.25, 0.3) is 0 Å². The standard InChI is InChI=1S/C20H32N2O11/c1-3-8(2)12-17(28)21-9(4-5-23)19(29)32-11-7-30-18(22-12)15(27)16(11)33-20-14(26)13(25)10(24)6-31-20/h5,8-16,18,20,22,24-27H,3-4,6-7H2,1-2H3,(H,21,28). The van der Waals surface area contributed by atoms with Gasteiger partial charge >= 0.3 is 5.97 Å². The topological polar surface area (TPSA) is 193 Å². The van der Waals surface area contributed by atoms with E-state index in [9.17, 15) is 34.8 Å². The fourth-order valence-corrected chi connectivity index (χ4v) is 3.97. The number of fused-ring (bicyclic) bond motifs is 8. The van der Waals surface area contributed by atoms with Crippen molar-refractivity contribution in [1.82, 2.24) is 10.6 Å². The smallest absolute Gasteiger partial charge is 0.329 e. The number of esters is 1. The van der Waals surface area contributed by atoms with Crippen molar-refractivity contribution in [3.63, 3.8) is 0 Å². The van der Waals surface area contributed by atoms with E-state index in [0.29, 0.717) is 12.7 Å². The summed E-state index contributed by atoms with van der Waals surface area (Å²) in [6.45, 7) is 3.11. The molecule has 11 unspecified atom stereocenters. The Morgan fingerprint density at radius 2 is 1.85 bits per heavy atom. The van der Waals surface area contributed by atoms with Crippen LogP contribution >= 0.6 is 0 Å². The number of aliphatic hydroxyl groups is 4. The predicted octanol–water partition coefficient (Wildman–Crippen LogP) is -3.47. The van der Waals surface area contributed by atoms with Crippen LogP contribution in [0.2, 0.25) is 0 Å². The van der Waals surface area contributed by atoms with Gasteiger partial charge in [-0.25, -0.2) is 4.79 Å². The van der Waals surface area contributed by atoms with Crippen LogP contribution in [0, 0.1) is 5.92 Å². The van der Waals surface area contributed by atoms with Crippen molar-refractivity contribution in [3.8, 4) is 0 Å². The third-order valence-electron chi connectivity index (χ3n) is 6.24. The first-order valence-corrected chi connectivity index (χ1v) is 11.0. The van der Waals surface area contributed by atoms with Crippen molar-refractivity contribution >= 4 is 18.2 Å². The highest BCUT2D eigenvalue weighted by Gasteiger charge is 2.49. The Hall–Kier alpha value is -1.71. The lowest BCUT2D eigenvalue weighted by molar-refractivity contribution is -0.317. The van der Waals surface area contributed by atoms with Crippen LogP contribution in [0.25, 0.3) is 0 Å². The number of amides is 1. The second-order valence-corrected chi connectivity index (χ2v) is 8.56. The molecule has 6 N–H and O–H groups in total. The third-order valence-corrected chi connectivity index (χ3v) is 6.24. The molecule has 4 heterocycles. The second kappa shape index (κ2) is 11.1. The average molecular weight is 476 g/mol. The minimum absolute atomic E-state index is 0.228. The van der Waals surface area contributed by atoms with E-state index in [1.54, 1.807) is 6.92 Å². The van der Waals surface area contributed by atoms with E-state index in [1.165, 1.54) is 0 Å². The van der Waals surface area contributed by atoms with Gasteiger partial charge in [-0.3, -0.25) is 10.1 Å². The van der Waals surface area contributed by atoms with E-state index in [4.69, 9.17) is 18.9 Å². The molecule has 4 aliphatic rings. The molecule has 0 saturated carbocycles. The zero-order valence-corrected chi connectivity index (χ0v) is 18.4. The lowest BCUT2D eigenvalue weighted by atomic mass is 9.96. The van der Waals surface area contributed by atoms with Gasteiger partial charge in [0.1, 0.15) is 49.1 Å². The number of carbonyl (C=O) groups excluding carboxylic acids is 3. The summed E-state index contributed by atoms with van der Waals surface area (Å²) < 4.78 is 22.0. The third kappa shape index (κ3) is 5.69. The number of aliphatic hydroxyl groups excluding tert-OH is 4. The van der Waals surface area contributed by atoms with Crippen LogP contribution in [-0.4, -0.2) is 113 Å². The molecule has 4 rings (SSSR count). The number of carbonyl (C=O) groups is 3. The number of nitrogens with one attached hydrogen (secondary N) is 2. The molecule has 11 atom stereocenters. The van der Waals surface area contributed by atoms with Gasteiger partial charge in [-0.15, -0.1) is 0 Å². The van der Waals surface area contributed by atoms with Gasteiger partial charge in [-0.1, -0.05) is 20.3 Å². The van der Waals surface area contributed by atoms with E-state index >= 15 is 0 Å². The van der Waals surface area contributed by atoms with Crippen LogP contribution in [0.3, 0.4) is 0 Å². The van der Waals surface area contributed by atoms with E-state index in [2.05, 4.69) is 10.6 Å². The van der Waals surface area contributed by atoms with Gasteiger partial charge < -0.3 is 49.5 Å². The molecule has 4 aliphatic heterocycles. The van der Waals surface area contributed by atoms with Gasteiger partial charge in [0.15, 0.2) is 12.4 Å². The number of rotatable bonds is 6. The van der Waals surface area contributed by atoms with Crippen molar-refractivity contribution in [2.45, 2.75) is 87.9 Å². The first-order valence-electron chi connectivity index (χ1n) is 11.0. The van der Waals surface area contributed by atoms with Crippen molar-refractivity contribution in [2.24, 2.45) is 5.92 Å². The molecule has 13 heteroatoms. The molecule has 1 amide bonds. The highest BCUT2D eigenvalue weighted by Crippen LogP contribution is 2.27. The zero-order valence-electron chi connectivity index (χ0n) is 18.4. The fraction of sp³-hybridized carbons (Fsp3) is 0.850. The Balaban J connectivity index is 1.89. The number of ether oxygens (including phenoxy) is 4. The molecule has 0 radical (unpaired) electrons. The molecule has 2 bridgehead atoms. The first kappa shape index (κ1) is 25.9. The van der Waals surface area contributed by atoms with E-state index < -0.39 is 73.1 Å². The highest BCUT2D eigenvalue weighted by molar-refractivity contribution is 5.89. The minimum atomic E-state index is -1.64. The Bertz CT molecular complexity index is 709. The lowest BCUT2D eigenvalue weighted by Gasteiger charge is -2.44. The number of aldehydes is 1. The van der Waals surface area contributed by atoms with Gasteiger partial charge in [-0.2, -0.15) is 0 Å². The summed E-state index contributed by atoms with van der Waals surface area (Å²) in [5, 5.41) is 46.2. The van der Waals surface area contributed by atoms with Crippen LogP contribution < -0.4 is 10.6 Å². The molecular formula is C20H32N2O11.